The predicted octanol–water partition coefficient (Wildman–Crippen LogP) is 1.73. The van der Waals surface area contributed by atoms with Gasteiger partial charge in [0, 0.05) is 25.3 Å². The minimum absolute atomic E-state index is 0.104. The van der Waals surface area contributed by atoms with Crippen molar-refractivity contribution in [3.05, 3.63) is 17.5 Å². The van der Waals surface area contributed by atoms with Crippen LogP contribution >= 0.6 is 0 Å². The molecule has 3 aliphatic rings. The number of fused-ring (bicyclic) bond motifs is 1. The number of aromatic nitrogens is 2. The number of aliphatic hydroxyl groups is 1. The standard InChI is InChI=1S/C17H24N4O2/c22-13-6-8-20(9-7-13)17-18-10-14-15(19-17)11-21(16(14)23)12-4-2-1-3-5-12/h10,12-13,22H,1-9,11H2. The van der Waals surface area contributed by atoms with E-state index in [9.17, 15) is 9.90 Å². The van der Waals surface area contributed by atoms with Gasteiger partial charge in [-0.2, -0.15) is 0 Å². The Morgan fingerprint density at radius 2 is 1.83 bits per heavy atom. The van der Waals surface area contributed by atoms with E-state index in [1.54, 1.807) is 6.20 Å². The second-order valence-corrected chi connectivity index (χ2v) is 6.97. The number of amides is 1. The van der Waals surface area contributed by atoms with Gasteiger partial charge < -0.3 is 14.9 Å². The third kappa shape index (κ3) is 2.80. The molecule has 4 rings (SSSR count). The summed E-state index contributed by atoms with van der Waals surface area (Å²) in [6.45, 7) is 2.19. The molecule has 1 aliphatic carbocycles. The molecule has 2 fully saturated rings. The van der Waals surface area contributed by atoms with Crippen molar-refractivity contribution < 1.29 is 9.90 Å². The van der Waals surface area contributed by atoms with E-state index in [-0.39, 0.29) is 12.0 Å². The van der Waals surface area contributed by atoms with Crippen LogP contribution in [-0.2, 0) is 6.54 Å². The summed E-state index contributed by atoms with van der Waals surface area (Å²) >= 11 is 0. The van der Waals surface area contributed by atoms with Gasteiger partial charge in [0.05, 0.1) is 23.9 Å². The van der Waals surface area contributed by atoms with Crippen molar-refractivity contribution in [3.63, 3.8) is 0 Å². The van der Waals surface area contributed by atoms with Gasteiger partial charge in [-0.05, 0) is 25.7 Å². The molecule has 0 aromatic carbocycles. The fourth-order valence-electron chi connectivity index (χ4n) is 4.00. The lowest BCUT2D eigenvalue weighted by Gasteiger charge is -2.30. The Balaban J connectivity index is 1.51. The monoisotopic (exact) mass is 316 g/mol. The summed E-state index contributed by atoms with van der Waals surface area (Å²) in [5.41, 5.74) is 1.55. The lowest BCUT2D eigenvalue weighted by molar-refractivity contribution is 0.0659. The first-order valence-corrected chi connectivity index (χ1v) is 8.82. The quantitative estimate of drug-likeness (QED) is 0.900. The van der Waals surface area contributed by atoms with Crippen molar-refractivity contribution in [2.45, 2.75) is 63.6 Å². The molecule has 0 bridgehead atoms. The number of piperidine rings is 1. The van der Waals surface area contributed by atoms with E-state index in [1.807, 2.05) is 4.90 Å². The van der Waals surface area contributed by atoms with Gasteiger partial charge in [-0.3, -0.25) is 4.79 Å². The molecular formula is C17H24N4O2. The van der Waals surface area contributed by atoms with Crippen LogP contribution in [0.15, 0.2) is 6.20 Å². The Morgan fingerprint density at radius 1 is 1.09 bits per heavy atom. The van der Waals surface area contributed by atoms with Crippen LogP contribution < -0.4 is 4.90 Å². The number of hydrogen-bond donors (Lipinski definition) is 1. The summed E-state index contributed by atoms with van der Waals surface area (Å²) in [4.78, 5) is 25.8. The number of rotatable bonds is 2. The van der Waals surface area contributed by atoms with E-state index in [1.165, 1.54) is 19.3 Å². The van der Waals surface area contributed by atoms with Gasteiger partial charge in [0.1, 0.15) is 0 Å². The van der Waals surface area contributed by atoms with Crippen molar-refractivity contribution in [2.24, 2.45) is 0 Å². The Morgan fingerprint density at radius 3 is 2.57 bits per heavy atom. The van der Waals surface area contributed by atoms with Crippen molar-refractivity contribution in [3.8, 4) is 0 Å². The van der Waals surface area contributed by atoms with E-state index in [0.29, 0.717) is 24.1 Å². The smallest absolute Gasteiger partial charge is 0.257 e. The molecule has 124 valence electrons. The van der Waals surface area contributed by atoms with Gasteiger partial charge in [-0.1, -0.05) is 19.3 Å². The number of nitrogens with zero attached hydrogens (tertiary/aromatic N) is 4. The summed E-state index contributed by atoms with van der Waals surface area (Å²) in [7, 11) is 0. The maximum absolute atomic E-state index is 12.6. The lowest BCUT2D eigenvalue weighted by atomic mass is 9.94. The molecule has 0 spiro atoms. The number of aliphatic hydroxyl groups excluding tert-OH is 1. The van der Waals surface area contributed by atoms with Crippen molar-refractivity contribution >= 4 is 11.9 Å². The van der Waals surface area contributed by atoms with E-state index in [2.05, 4.69) is 14.9 Å². The van der Waals surface area contributed by atoms with E-state index < -0.39 is 0 Å². The molecule has 1 aromatic heterocycles. The first-order valence-electron chi connectivity index (χ1n) is 8.82. The van der Waals surface area contributed by atoms with Crippen LogP contribution in [0.4, 0.5) is 5.95 Å². The van der Waals surface area contributed by atoms with Gasteiger partial charge >= 0.3 is 0 Å². The van der Waals surface area contributed by atoms with Crippen LogP contribution in [0.3, 0.4) is 0 Å². The molecule has 0 unspecified atom stereocenters. The van der Waals surface area contributed by atoms with Gasteiger partial charge in [0.15, 0.2) is 0 Å². The van der Waals surface area contributed by atoms with Gasteiger partial charge in [0.25, 0.3) is 5.91 Å². The van der Waals surface area contributed by atoms with Crippen LogP contribution in [0, 0.1) is 0 Å². The fourth-order valence-corrected chi connectivity index (χ4v) is 4.00. The maximum atomic E-state index is 12.6. The van der Waals surface area contributed by atoms with Crippen LogP contribution in [0.1, 0.15) is 61.0 Å². The van der Waals surface area contributed by atoms with E-state index in [0.717, 1.165) is 44.5 Å². The average molecular weight is 316 g/mol. The topological polar surface area (TPSA) is 69.6 Å². The average Bonchev–Trinajstić information content (AvgIpc) is 2.93. The molecule has 6 heteroatoms. The van der Waals surface area contributed by atoms with Gasteiger partial charge in [0.2, 0.25) is 5.95 Å². The summed E-state index contributed by atoms with van der Waals surface area (Å²) in [6.07, 6.45) is 8.97. The number of anilines is 1. The zero-order chi connectivity index (χ0) is 15.8. The molecule has 1 saturated heterocycles. The van der Waals surface area contributed by atoms with Gasteiger partial charge in [-0.15, -0.1) is 0 Å². The minimum Gasteiger partial charge on any atom is -0.393 e. The maximum Gasteiger partial charge on any atom is 0.257 e. The predicted molar refractivity (Wildman–Crippen MR) is 86.2 cm³/mol. The molecular weight excluding hydrogens is 292 g/mol. The number of carbonyl (C=O) groups excluding carboxylic acids is 1. The normalized spacial score (nSPS) is 23.4. The molecule has 1 N–H and O–H groups in total. The minimum atomic E-state index is -0.205. The molecule has 2 aliphatic heterocycles. The highest BCUT2D eigenvalue weighted by Crippen LogP contribution is 2.30. The van der Waals surface area contributed by atoms with Gasteiger partial charge in [-0.25, -0.2) is 9.97 Å². The van der Waals surface area contributed by atoms with E-state index >= 15 is 0 Å². The zero-order valence-electron chi connectivity index (χ0n) is 13.4. The number of carbonyl (C=O) groups is 1. The van der Waals surface area contributed by atoms with Crippen LogP contribution in [0.5, 0.6) is 0 Å². The Hall–Kier alpha value is -1.69. The highest BCUT2D eigenvalue weighted by molar-refractivity contribution is 5.97. The SMILES string of the molecule is O=C1c2cnc(N3CCC(O)CC3)nc2CN1C1CCCCC1. The Bertz CT molecular complexity index is 592. The van der Waals surface area contributed by atoms with Crippen molar-refractivity contribution in [1.29, 1.82) is 0 Å². The second-order valence-electron chi connectivity index (χ2n) is 6.97. The summed E-state index contributed by atoms with van der Waals surface area (Å²) in [5, 5.41) is 9.62. The molecule has 1 amide bonds. The second kappa shape index (κ2) is 6.07. The lowest BCUT2D eigenvalue weighted by Crippen LogP contribution is -2.37. The molecule has 1 aromatic rings. The number of hydrogen-bond acceptors (Lipinski definition) is 5. The summed E-state index contributed by atoms with van der Waals surface area (Å²) < 4.78 is 0. The Kier molecular flexibility index (Phi) is 3.93. The highest BCUT2D eigenvalue weighted by Gasteiger charge is 2.35. The van der Waals surface area contributed by atoms with Crippen molar-refractivity contribution in [1.82, 2.24) is 14.9 Å². The third-order valence-electron chi connectivity index (χ3n) is 5.43. The molecule has 6 nitrogen and oxygen atoms in total. The first-order chi connectivity index (χ1) is 11.2. The molecule has 0 atom stereocenters. The Labute approximate surface area is 136 Å². The molecule has 1 saturated carbocycles. The molecule has 3 heterocycles. The van der Waals surface area contributed by atoms with Crippen LogP contribution in [0.2, 0.25) is 0 Å². The summed E-state index contributed by atoms with van der Waals surface area (Å²) in [6, 6.07) is 0.374. The first kappa shape index (κ1) is 14.9. The van der Waals surface area contributed by atoms with E-state index in [4.69, 9.17) is 0 Å². The highest BCUT2D eigenvalue weighted by atomic mass is 16.3. The fraction of sp³-hybridized carbons (Fsp3) is 0.706. The largest absolute Gasteiger partial charge is 0.393 e. The third-order valence-corrected chi connectivity index (χ3v) is 5.43. The molecule has 0 radical (unpaired) electrons. The molecule has 23 heavy (non-hydrogen) atoms. The summed E-state index contributed by atoms with van der Waals surface area (Å²) in [5.74, 6) is 0.807. The van der Waals surface area contributed by atoms with Crippen molar-refractivity contribution in [2.75, 3.05) is 18.0 Å². The zero-order valence-corrected chi connectivity index (χ0v) is 13.4. The van der Waals surface area contributed by atoms with Crippen LogP contribution in [-0.4, -0.2) is 51.1 Å². The van der Waals surface area contributed by atoms with Crippen LogP contribution in [0.25, 0.3) is 0 Å².